The van der Waals surface area contributed by atoms with Crippen molar-refractivity contribution < 1.29 is 9.15 Å². The van der Waals surface area contributed by atoms with Crippen molar-refractivity contribution in [3.05, 3.63) is 23.7 Å². The normalized spacial score (nSPS) is 20.7. The molecule has 1 N–H and O–H groups in total. The van der Waals surface area contributed by atoms with Crippen LogP contribution in [0.2, 0.25) is 0 Å². The molecular weight excluding hydrogens is 226 g/mol. The molecule has 100 valence electrons. The molecule has 3 rings (SSSR count). The second kappa shape index (κ2) is 5.89. The minimum atomic E-state index is 0.630. The summed E-state index contributed by atoms with van der Waals surface area (Å²) in [5.74, 6) is 1.79. The molecule has 1 aromatic rings. The van der Waals surface area contributed by atoms with Gasteiger partial charge in [0.2, 0.25) is 0 Å². The van der Waals surface area contributed by atoms with Crippen LogP contribution < -0.4 is 5.32 Å². The maximum atomic E-state index is 5.80. The van der Waals surface area contributed by atoms with Gasteiger partial charge in [-0.25, -0.2) is 0 Å². The Labute approximate surface area is 109 Å². The Morgan fingerprint density at radius 3 is 2.83 bits per heavy atom. The first-order chi connectivity index (χ1) is 8.92. The van der Waals surface area contributed by atoms with E-state index in [0.29, 0.717) is 6.61 Å². The number of hydrogen-bond acceptors (Lipinski definition) is 3. The highest BCUT2D eigenvalue weighted by Crippen LogP contribution is 2.25. The average molecular weight is 249 g/mol. The van der Waals surface area contributed by atoms with Crippen molar-refractivity contribution in [3.63, 3.8) is 0 Å². The van der Waals surface area contributed by atoms with Gasteiger partial charge in [-0.1, -0.05) is 12.8 Å². The smallest absolute Gasteiger partial charge is 0.133 e. The molecule has 0 unspecified atom stereocenters. The van der Waals surface area contributed by atoms with Crippen LogP contribution in [0.4, 0.5) is 0 Å². The first-order valence-electron chi connectivity index (χ1n) is 7.28. The molecule has 2 fully saturated rings. The lowest BCUT2D eigenvalue weighted by Crippen LogP contribution is -2.16. The van der Waals surface area contributed by atoms with Crippen LogP contribution >= 0.6 is 0 Å². The van der Waals surface area contributed by atoms with Crippen molar-refractivity contribution in [3.8, 4) is 0 Å². The summed E-state index contributed by atoms with van der Waals surface area (Å²) in [6.45, 7) is 2.45. The Kier molecular flexibility index (Phi) is 4.01. The van der Waals surface area contributed by atoms with Gasteiger partial charge in [0.05, 0.1) is 6.26 Å². The highest BCUT2D eigenvalue weighted by molar-refractivity contribution is 5.16. The lowest BCUT2D eigenvalue weighted by atomic mass is 10.1. The lowest BCUT2D eigenvalue weighted by Gasteiger charge is -2.09. The first-order valence-corrected chi connectivity index (χ1v) is 7.28. The number of rotatable bonds is 7. The van der Waals surface area contributed by atoms with Crippen molar-refractivity contribution >= 4 is 0 Å². The van der Waals surface area contributed by atoms with E-state index in [1.807, 2.05) is 0 Å². The summed E-state index contributed by atoms with van der Waals surface area (Å²) in [4.78, 5) is 0. The minimum Gasteiger partial charge on any atom is -0.467 e. The molecule has 1 aromatic heterocycles. The Morgan fingerprint density at radius 1 is 1.22 bits per heavy atom. The van der Waals surface area contributed by atoms with E-state index in [4.69, 9.17) is 9.15 Å². The predicted molar refractivity (Wildman–Crippen MR) is 70.2 cm³/mol. The van der Waals surface area contributed by atoms with Gasteiger partial charge in [-0.2, -0.15) is 0 Å². The molecule has 0 aromatic carbocycles. The standard InChI is InChI=1S/C15H23NO2/c1-2-4-12(3-1)10-17-11-15-13(7-8-18-15)9-16-14-5-6-14/h7-8,12,14,16H,1-6,9-11H2. The molecule has 18 heavy (non-hydrogen) atoms. The fourth-order valence-electron chi connectivity index (χ4n) is 2.69. The zero-order chi connectivity index (χ0) is 12.2. The fraction of sp³-hybridized carbons (Fsp3) is 0.733. The van der Waals surface area contributed by atoms with E-state index in [0.717, 1.165) is 30.9 Å². The molecule has 3 heteroatoms. The van der Waals surface area contributed by atoms with Crippen LogP contribution in [0.25, 0.3) is 0 Å². The van der Waals surface area contributed by atoms with Crippen LogP contribution in [0.15, 0.2) is 16.7 Å². The van der Waals surface area contributed by atoms with Crippen molar-refractivity contribution in [2.75, 3.05) is 6.61 Å². The lowest BCUT2D eigenvalue weighted by molar-refractivity contribution is 0.0764. The molecule has 0 amide bonds. The Hall–Kier alpha value is -0.800. The topological polar surface area (TPSA) is 34.4 Å². The van der Waals surface area contributed by atoms with E-state index >= 15 is 0 Å². The van der Waals surface area contributed by atoms with Crippen LogP contribution in [-0.4, -0.2) is 12.6 Å². The maximum Gasteiger partial charge on any atom is 0.133 e. The number of nitrogens with one attached hydrogen (secondary N) is 1. The summed E-state index contributed by atoms with van der Waals surface area (Å²) in [6, 6.07) is 2.80. The molecular formula is C15H23NO2. The van der Waals surface area contributed by atoms with Gasteiger partial charge in [0, 0.05) is 24.8 Å². The summed E-state index contributed by atoms with van der Waals surface area (Å²) in [6.07, 6.45) is 9.87. The number of hydrogen-bond donors (Lipinski definition) is 1. The zero-order valence-electron chi connectivity index (χ0n) is 11.0. The van der Waals surface area contributed by atoms with Crippen molar-refractivity contribution in [2.45, 2.75) is 57.7 Å². The Bertz CT molecular complexity index is 364. The van der Waals surface area contributed by atoms with E-state index in [-0.39, 0.29) is 0 Å². The van der Waals surface area contributed by atoms with Gasteiger partial charge in [-0.15, -0.1) is 0 Å². The monoisotopic (exact) mass is 249 g/mol. The van der Waals surface area contributed by atoms with Crippen molar-refractivity contribution in [2.24, 2.45) is 5.92 Å². The molecule has 2 aliphatic rings. The van der Waals surface area contributed by atoms with Crippen molar-refractivity contribution in [1.29, 1.82) is 0 Å². The van der Waals surface area contributed by atoms with Gasteiger partial charge in [0.15, 0.2) is 0 Å². The summed E-state index contributed by atoms with van der Waals surface area (Å²) < 4.78 is 11.3. The van der Waals surface area contributed by atoms with E-state index < -0.39 is 0 Å². The van der Waals surface area contributed by atoms with Crippen LogP contribution in [0.5, 0.6) is 0 Å². The zero-order valence-corrected chi connectivity index (χ0v) is 11.0. The third-order valence-electron chi connectivity index (χ3n) is 4.06. The molecule has 0 spiro atoms. The van der Waals surface area contributed by atoms with Gasteiger partial charge in [0.25, 0.3) is 0 Å². The maximum absolute atomic E-state index is 5.80. The molecule has 0 saturated heterocycles. The molecule has 0 aliphatic heterocycles. The average Bonchev–Trinajstić information content (AvgIpc) is 2.89. The summed E-state index contributed by atoms with van der Waals surface area (Å²) >= 11 is 0. The van der Waals surface area contributed by atoms with Gasteiger partial charge < -0.3 is 14.5 Å². The SMILES string of the molecule is c1cc(CNC2CC2)c(COCC2CCCC2)o1. The molecule has 0 atom stereocenters. The second-order valence-electron chi connectivity index (χ2n) is 5.69. The van der Waals surface area contributed by atoms with Crippen LogP contribution in [0.3, 0.4) is 0 Å². The Morgan fingerprint density at radius 2 is 2.06 bits per heavy atom. The third-order valence-corrected chi connectivity index (χ3v) is 4.06. The second-order valence-corrected chi connectivity index (χ2v) is 5.69. The predicted octanol–water partition coefficient (Wildman–Crippen LogP) is 3.24. The van der Waals surface area contributed by atoms with Crippen LogP contribution in [-0.2, 0) is 17.9 Å². The van der Waals surface area contributed by atoms with Gasteiger partial charge in [0.1, 0.15) is 12.4 Å². The van der Waals surface area contributed by atoms with E-state index in [9.17, 15) is 0 Å². The van der Waals surface area contributed by atoms with E-state index in [1.165, 1.54) is 44.1 Å². The minimum absolute atomic E-state index is 0.630. The van der Waals surface area contributed by atoms with E-state index in [1.54, 1.807) is 6.26 Å². The Balaban J connectivity index is 1.41. The molecule has 0 radical (unpaired) electrons. The largest absolute Gasteiger partial charge is 0.467 e. The van der Waals surface area contributed by atoms with Gasteiger partial charge in [-0.05, 0) is 37.7 Å². The van der Waals surface area contributed by atoms with Gasteiger partial charge >= 0.3 is 0 Å². The summed E-state index contributed by atoms with van der Waals surface area (Å²) in [5.41, 5.74) is 1.26. The summed E-state index contributed by atoms with van der Waals surface area (Å²) in [5, 5.41) is 3.52. The molecule has 3 nitrogen and oxygen atoms in total. The number of ether oxygens (including phenoxy) is 1. The first kappa shape index (κ1) is 12.2. The molecule has 0 bridgehead atoms. The van der Waals surface area contributed by atoms with E-state index in [2.05, 4.69) is 11.4 Å². The van der Waals surface area contributed by atoms with Gasteiger partial charge in [-0.3, -0.25) is 0 Å². The molecule has 2 saturated carbocycles. The highest BCUT2D eigenvalue weighted by Gasteiger charge is 2.21. The number of furan rings is 1. The third kappa shape index (κ3) is 3.36. The van der Waals surface area contributed by atoms with Crippen molar-refractivity contribution in [1.82, 2.24) is 5.32 Å². The summed E-state index contributed by atoms with van der Waals surface area (Å²) in [7, 11) is 0. The quantitative estimate of drug-likeness (QED) is 0.805. The molecule has 2 aliphatic carbocycles. The fourth-order valence-corrected chi connectivity index (χ4v) is 2.69. The van der Waals surface area contributed by atoms with Crippen LogP contribution in [0.1, 0.15) is 49.8 Å². The van der Waals surface area contributed by atoms with Crippen LogP contribution in [0, 0.1) is 5.92 Å². The highest BCUT2D eigenvalue weighted by atomic mass is 16.5. The molecule has 1 heterocycles.